The van der Waals surface area contributed by atoms with Gasteiger partial charge in [0.15, 0.2) is 0 Å². The summed E-state index contributed by atoms with van der Waals surface area (Å²) in [4.78, 5) is 0. The van der Waals surface area contributed by atoms with E-state index in [0.29, 0.717) is 0 Å². The Morgan fingerprint density at radius 2 is 2.00 bits per heavy atom. The second-order valence-electron chi connectivity index (χ2n) is 2.95. The van der Waals surface area contributed by atoms with E-state index in [4.69, 9.17) is 23.2 Å². The van der Waals surface area contributed by atoms with Gasteiger partial charge in [0.05, 0.1) is 13.8 Å². The van der Waals surface area contributed by atoms with E-state index in [0.717, 1.165) is 29.6 Å². The third kappa shape index (κ3) is 2.57. The summed E-state index contributed by atoms with van der Waals surface area (Å²) in [6.07, 6.45) is 1.01. The van der Waals surface area contributed by atoms with Crippen LogP contribution in [0.25, 0.3) is 0 Å². The van der Waals surface area contributed by atoms with E-state index in [1.807, 2.05) is 12.1 Å². The first-order valence-corrected chi connectivity index (χ1v) is 5.41. The summed E-state index contributed by atoms with van der Waals surface area (Å²) in [6.45, 7) is 6.89. The molecule has 1 aliphatic heterocycles. The lowest BCUT2D eigenvalue weighted by molar-refractivity contribution is 0.644. The van der Waals surface area contributed by atoms with Crippen molar-refractivity contribution in [2.75, 3.05) is 6.54 Å². The molecule has 1 aromatic carbocycles. The van der Waals surface area contributed by atoms with Crippen molar-refractivity contribution < 1.29 is 0 Å². The van der Waals surface area contributed by atoms with Gasteiger partial charge in [-0.25, -0.2) is 0 Å². The molecule has 3 heteroatoms. The monoisotopic (exact) mass is 230 g/mol. The van der Waals surface area contributed by atoms with Gasteiger partial charge in [0.25, 0.3) is 0 Å². The van der Waals surface area contributed by atoms with Crippen molar-refractivity contribution in [2.45, 2.75) is 19.9 Å². The molecule has 0 saturated heterocycles. The summed E-state index contributed by atoms with van der Waals surface area (Å²) in [7, 11) is 0. The van der Waals surface area contributed by atoms with Crippen LogP contribution in [0.5, 0.6) is 0 Å². The molecule has 0 unspecified atom stereocenters. The van der Waals surface area contributed by atoms with Gasteiger partial charge in [-0.15, -0.1) is 0 Å². The second-order valence-corrected chi connectivity index (χ2v) is 3.80. The van der Waals surface area contributed by atoms with Gasteiger partial charge in [-0.3, -0.25) is 0 Å². The summed E-state index contributed by atoms with van der Waals surface area (Å²) in [6, 6.07) is 3.79. The summed E-state index contributed by atoms with van der Waals surface area (Å²) in [5.74, 6) is 0. The molecule has 0 atom stereocenters. The minimum absolute atomic E-state index is 0.724. The van der Waals surface area contributed by atoms with Crippen molar-refractivity contribution >= 4 is 23.2 Å². The Bertz CT molecular complexity index is 310. The van der Waals surface area contributed by atoms with Gasteiger partial charge in [0, 0.05) is 16.6 Å². The highest BCUT2D eigenvalue weighted by atomic mass is 35.5. The lowest BCUT2D eigenvalue weighted by Crippen LogP contribution is -2.23. The Morgan fingerprint density at radius 1 is 1.29 bits per heavy atom. The Hall–Kier alpha value is -0.370. The molecule has 0 saturated carbocycles. The van der Waals surface area contributed by atoms with Gasteiger partial charge in [-0.1, -0.05) is 23.2 Å². The van der Waals surface area contributed by atoms with Crippen molar-refractivity contribution in [1.82, 2.24) is 5.32 Å². The Labute approximate surface area is 95.4 Å². The van der Waals surface area contributed by atoms with Crippen LogP contribution in [-0.4, -0.2) is 6.54 Å². The van der Waals surface area contributed by atoms with Gasteiger partial charge < -0.3 is 5.32 Å². The minimum Gasteiger partial charge on any atom is -0.312 e. The molecule has 0 amide bonds. The number of halogens is 2. The highest BCUT2D eigenvalue weighted by Gasteiger charge is 2.12. The van der Waals surface area contributed by atoms with E-state index in [-0.39, 0.29) is 0 Å². The van der Waals surface area contributed by atoms with Crippen LogP contribution in [0.3, 0.4) is 0 Å². The molecule has 2 rings (SSSR count). The molecule has 0 aromatic heterocycles. The fourth-order valence-corrected chi connectivity index (χ4v) is 2.16. The fraction of sp³-hybridized carbons (Fsp3) is 0.364. The van der Waals surface area contributed by atoms with Crippen LogP contribution in [0.2, 0.25) is 10.0 Å². The van der Waals surface area contributed by atoms with Gasteiger partial charge in [0.2, 0.25) is 0 Å². The highest BCUT2D eigenvalue weighted by molar-refractivity contribution is 6.35. The maximum Gasteiger partial charge on any atom is 0.0746 e. The minimum atomic E-state index is 0.724. The van der Waals surface area contributed by atoms with E-state index < -0.39 is 0 Å². The van der Waals surface area contributed by atoms with Crippen LogP contribution >= 0.6 is 23.2 Å². The van der Waals surface area contributed by atoms with Crippen LogP contribution in [0.1, 0.15) is 18.1 Å². The first-order chi connectivity index (χ1) is 6.77. The Morgan fingerprint density at radius 3 is 2.71 bits per heavy atom. The molecule has 0 aliphatic carbocycles. The number of benzene rings is 1. The molecule has 14 heavy (non-hydrogen) atoms. The molecule has 0 bridgehead atoms. The lowest BCUT2D eigenvalue weighted by atomic mass is 10.0. The predicted octanol–water partition coefficient (Wildman–Crippen LogP) is 3.48. The summed E-state index contributed by atoms with van der Waals surface area (Å²) in [5, 5.41) is 4.81. The maximum absolute atomic E-state index is 6.04. The molecular weight excluding hydrogens is 217 g/mol. The zero-order chi connectivity index (χ0) is 10.6. The predicted molar refractivity (Wildman–Crippen MR) is 62.9 cm³/mol. The van der Waals surface area contributed by atoms with E-state index in [1.165, 1.54) is 11.1 Å². The van der Waals surface area contributed by atoms with Gasteiger partial charge in [0.1, 0.15) is 0 Å². The second kappa shape index (κ2) is 5.50. The van der Waals surface area contributed by atoms with E-state index in [2.05, 4.69) is 12.2 Å². The standard InChI is InChI=1S/C9H9Cl2N.C2H5/c10-7-3-6-5-12-2-1-8(6)9(11)4-7;1-2/h3-4,12H,1-2,5H2;1H2,2H3/q;+1. The molecular formula is C11H14Cl2N+. The average molecular weight is 231 g/mol. The third-order valence-electron chi connectivity index (χ3n) is 2.12. The molecule has 1 nitrogen and oxygen atoms in total. The molecule has 0 radical (unpaired) electrons. The molecule has 1 heterocycles. The highest BCUT2D eigenvalue weighted by Crippen LogP contribution is 2.27. The van der Waals surface area contributed by atoms with Gasteiger partial charge >= 0.3 is 0 Å². The van der Waals surface area contributed by atoms with E-state index >= 15 is 0 Å². The van der Waals surface area contributed by atoms with Crippen LogP contribution in [0, 0.1) is 6.92 Å². The summed E-state index contributed by atoms with van der Waals surface area (Å²) >= 11 is 11.9. The summed E-state index contributed by atoms with van der Waals surface area (Å²) < 4.78 is 0. The molecule has 1 aromatic rings. The largest absolute Gasteiger partial charge is 0.312 e. The Kier molecular flexibility index (Phi) is 4.59. The smallest absolute Gasteiger partial charge is 0.0746 e. The molecule has 0 spiro atoms. The molecule has 1 N–H and O–H groups in total. The molecule has 1 aliphatic rings. The number of hydrogen-bond donors (Lipinski definition) is 1. The van der Waals surface area contributed by atoms with Crippen molar-refractivity contribution in [2.24, 2.45) is 0 Å². The number of nitrogens with one attached hydrogen (secondary N) is 1. The normalized spacial score (nSPS) is 13.9. The molecule has 76 valence electrons. The Balaban J connectivity index is 0.000000461. The van der Waals surface area contributed by atoms with Crippen LogP contribution in [0.15, 0.2) is 12.1 Å². The number of hydrogen-bond acceptors (Lipinski definition) is 1. The zero-order valence-corrected chi connectivity index (χ0v) is 9.75. The van der Waals surface area contributed by atoms with Crippen LogP contribution in [0.4, 0.5) is 0 Å². The number of rotatable bonds is 0. The SMILES string of the molecule is Clc1cc(Cl)c2c(c1)CNCC2.[CH2+]C. The maximum atomic E-state index is 6.04. The molecule has 0 fully saturated rings. The van der Waals surface area contributed by atoms with Crippen LogP contribution < -0.4 is 5.32 Å². The average Bonchev–Trinajstić information content (AvgIpc) is 2.20. The first kappa shape index (κ1) is 11.7. The zero-order valence-electron chi connectivity index (χ0n) is 8.24. The fourth-order valence-electron chi connectivity index (χ4n) is 1.53. The summed E-state index contributed by atoms with van der Waals surface area (Å²) in [5.41, 5.74) is 2.48. The van der Waals surface area contributed by atoms with Crippen LogP contribution in [-0.2, 0) is 13.0 Å². The third-order valence-corrected chi connectivity index (χ3v) is 2.68. The van der Waals surface area contributed by atoms with Crippen molar-refractivity contribution in [3.8, 4) is 0 Å². The number of fused-ring (bicyclic) bond motifs is 1. The van der Waals surface area contributed by atoms with E-state index in [9.17, 15) is 0 Å². The quantitative estimate of drug-likeness (QED) is 0.674. The van der Waals surface area contributed by atoms with Crippen molar-refractivity contribution in [1.29, 1.82) is 0 Å². The van der Waals surface area contributed by atoms with Crippen molar-refractivity contribution in [3.63, 3.8) is 0 Å². The van der Waals surface area contributed by atoms with E-state index in [1.54, 1.807) is 6.92 Å². The first-order valence-electron chi connectivity index (χ1n) is 4.65. The lowest BCUT2D eigenvalue weighted by Gasteiger charge is -2.18. The van der Waals surface area contributed by atoms with Gasteiger partial charge in [-0.05, 0) is 36.2 Å². The van der Waals surface area contributed by atoms with Crippen molar-refractivity contribution in [3.05, 3.63) is 40.2 Å². The topological polar surface area (TPSA) is 12.0 Å². The van der Waals surface area contributed by atoms with Gasteiger partial charge in [-0.2, -0.15) is 0 Å².